The second kappa shape index (κ2) is 12.8. The minimum atomic E-state index is 0.564. The van der Waals surface area contributed by atoms with Gasteiger partial charge in [0.25, 0.3) is 0 Å². The van der Waals surface area contributed by atoms with Gasteiger partial charge in [0.15, 0.2) is 0 Å². The van der Waals surface area contributed by atoms with E-state index in [1.54, 1.807) is 37.2 Å². The van der Waals surface area contributed by atoms with Gasteiger partial charge in [-0.25, -0.2) is 34.9 Å². The zero-order chi connectivity index (χ0) is 30.3. The van der Waals surface area contributed by atoms with Crippen molar-refractivity contribution in [3.05, 3.63) is 159 Å². The molecule has 0 saturated carbocycles. The molecule has 10 nitrogen and oxygen atoms in total. The van der Waals surface area contributed by atoms with Crippen LogP contribution in [-0.2, 0) is 0 Å². The summed E-state index contributed by atoms with van der Waals surface area (Å²) in [5.74, 6) is 5.09. The first-order valence-corrected chi connectivity index (χ1v) is 14.2. The fourth-order valence-electron chi connectivity index (χ4n) is 4.85. The average Bonchev–Trinajstić information content (AvgIpc) is 3.12. The third-order valence-corrected chi connectivity index (χ3v) is 6.77. The fraction of sp³-hybridized carbons (Fsp3) is 0. The van der Waals surface area contributed by atoms with E-state index in [2.05, 4.69) is 19.9 Å². The van der Waals surface area contributed by atoms with E-state index < -0.39 is 0 Å². The van der Waals surface area contributed by atoms with Gasteiger partial charge in [0.05, 0.1) is 5.69 Å². The quantitative estimate of drug-likeness (QED) is 0.166. The molecule has 0 saturated heterocycles. The minimum absolute atomic E-state index is 0.564. The maximum Gasteiger partial charge on any atom is 0.144 e. The Hall–Kier alpha value is -6.55. The van der Waals surface area contributed by atoms with E-state index in [1.807, 2.05) is 136 Å². The Morgan fingerprint density at radius 1 is 0.289 bits per heavy atom. The van der Waals surface area contributed by atoms with Crippen LogP contribution in [0, 0.1) is 0 Å². The smallest absolute Gasteiger partial charge is 0.144 e. The SMILES string of the molecule is c1ccc(N(c2cc(N(c3ccccn3)c3ccccn3)nc(N(c3ccccn3)c3ccccn3)c2)c2ccccn2)nc1. The van der Waals surface area contributed by atoms with Crippen molar-refractivity contribution >= 4 is 52.2 Å². The van der Waals surface area contributed by atoms with Crippen LogP contribution in [0.5, 0.6) is 0 Å². The van der Waals surface area contributed by atoms with E-state index in [-0.39, 0.29) is 0 Å². The Morgan fingerprint density at radius 2 is 0.556 bits per heavy atom. The lowest BCUT2D eigenvalue weighted by molar-refractivity contribution is 1.04. The van der Waals surface area contributed by atoms with Crippen molar-refractivity contribution in [3.63, 3.8) is 0 Å². The van der Waals surface area contributed by atoms with E-state index in [9.17, 15) is 0 Å². The highest BCUT2D eigenvalue weighted by atomic mass is 15.3. The molecule has 0 fully saturated rings. The Kier molecular flexibility index (Phi) is 7.74. The van der Waals surface area contributed by atoms with E-state index in [1.165, 1.54) is 0 Å². The summed E-state index contributed by atoms with van der Waals surface area (Å²) in [4.78, 5) is 39.2. The van der Waals surface area contributed by atoms with Crippen molar-refractivity contribution in [1.82, 2.24) is 34.9 Å². The number of pyridine rings is 7. The lowest BCUT2D eigenvalue weighted by Gasteiger charge is -2.29. The average molecular weight is 587 g/mol. The lowest BCUT2D eigenvalue weighted by atomic mass is 10.2. The molecule has 7 aromatic rings. The topological polar surface area (TPSA) is 100.0 Å². The largest absolute Gasteiger partial charge is 0.279 e. The summed E-state index contributed by atoms with van der Waals surface area (Å²) in [6, 6.07) is 38.5. The normalized spacial score (nSPS) is 10.7. The summed E-state index contributed by atoms with van der Waals surface area (Å²) in [7, 11) is 0. The van der Waals surface area contributed by atoms with Crippen molar-refractivity contribution in [2.24, 2.45) is 0 Å². The zero-order valence-corrected chi connectivity index (χ0v) is 24.0. The number of hydrogen-bond donors (Lipinski definition) is 0. The zero-order valence-electron chi connectivity index (χ0n) is 24.0. The van der Waals surface area contributed by atoms with E-state index in [0.717, 1.165) is 5.69 Å². The van der Waals surface area contributed by atoms with Crippen LogP contribution in [0.2, 0.25) is 0 Å². The number of aromatic nitrogens is 7. The molecule has 0 atom stereocenters. The molecule has 0 unspecified atom stereocenters. The van der Waals surface area contributed by atoms with Crippen molar-refractivity contribution in [1.29, 1.82) is 0 Å². The van der Waals surface area contributed by atoms with Gasteiger partial charge >= 0.3 is 0 Å². The van der Waals surface area contributed by atoms with Gasteiger partial charge in [-0.15, -0.1) is 0 Å². The van der Waals surface area contributed by atoms with E-state index in [0.29, 0.717) is 46.5 Å². The van der Waals surface area contributed by atoms with Gasteiger partial charge in [-0.05, 0) is 72.8 Å². The van der Waals surface area contributed by atoms with Crippen LogP contribution < -0.4 is 14.7 Å². The maximum absolute atomic E-state index is 5.23. The molecule has 0 radical (unpaired) electrons. The van der Waals surface area contributed by atoms with Crippen LogP contribution >= 0.6 is 0 Å². The number of hydrogen-bond acceptors (Lipinski definition) is 10. The standard InChI is InChI=1S/C35H26N10/c1-7-19-36-28(13-1)43(29-14-2-8-20-37-29)27-25-34(44(30-15-3-9-21-38-30)31-16-4-10-22-39-31)42-35(26-27)45(32-17-5-11-23-40-32)33-18-6-12-24-41-33/h1-26H. The van der Waals surface area contributed by atoms with Gasteiger partial charge in [0.2, 0.25) is 0 Å². The first kappa shape index (κ1) is 27.3. The molecule has 0 aromatic carbocycles. The highest BCUT2D eigenvalue weighted by Crippen LogP contribution is 2.41. The molecule has 45 heavy (non-hydrogen) atoms. The first-order valence-electron chi connectivity index (χ1n) is 14.2. The number of rotatable bonds is 9. The molecule has 7 rings (SSSR count). The molecular weight excluding hydrogens is 560 g/mol. The van der Waals surface area contributed by atoms with E-state index >= 15 is 0 Å². The van der Waals surface area contributed by atoms with Gasteiger partial charge in [-0.2, -0.15) is 0 Å². The molecule has 0 N–H and O–H groups in total. The first-order chi connectivity index (χ1) is 22.3. The molecule has 7 heterocycles. The van der Waals surface area contributed by atoms with Gasteiger partial charge in [-0.1, -0.05) is 36.4 Å². The molecule has 216 valence electrons. The van der Waals surface area contributed by atoms with Crippen LogP contribution in [0.25, 0.3) is 0 Å². The fourth-order valence-corrected chi connectivity index (χ4v) is 4.85. The minimum Gasteiger partial charge on any atom is -0.279 e. The molecule has 0 aliphatic heterocycles. The van der Waals surface area contributed by atoms with Crippen molar-refractivity contribution in [3.8, 4) is 0 Å². The summed E-state index contributed by atoms with van der Waals surface area (Å²) < 4.78 is 0. The highest BCUT2D eigenvalue weighted by molar-refractivity contribution is 5.82. The Labute approximate surface area is 260 Å². The lowest BCUT2D eigenvalue weighted by Crippen LogP contribution is -2.20. The van der Waals surface area contributed by atoms with Crippen LogP contribution in [0.3, 0.4) is 0 Å². The van der Waals surface area contributed by atoms with Gasteiger partial charge in [0, 0.05) is 49.3 Å². The molecular formula is C35H26N10. The maximum atomic E-state index is 5.23. The molecule has 10 heteroatoms. The van der Waals surface area contributed by atoms with Crippen molar-refractivity contribution in [2.75, 3.05) is 14.7 Å². The van der Waals surface area contributed by atoms with Crippen LogP contribution in [0.15, 0.2) is 159 Å². The summed E-state index contributed by atoms with van der Waals surface area (Å²) in [6.45, 7) is 0. The van der Waals surface area contributed by atoms with Gasteiger partial charge < -0.3 is 0 Å². The summed E-state index contributed by atoms with van der Waals surface area (Å²) >= 11 is 0. The van der Waals surface area contributed by atoms with Crippen LogP contribution in [0.4, 0.5) is 52.2 Å². The number of nitrogens with zero attached hydrogens (tertiary/aromatic N) is 10. The predicted molar refractivity (Wildman–Crippen MR) is 175 cm³/mol. The molecule has 0 aliphatic carbocycles. The van der Waals surface area contributed by atoms with E-state index in [4.69, 9.17) is 15.0 Å². The molecule has 0 bridgehead atoms. The third-order valence-electron chi connectivity index (χ3n) is 6.77. The monoisotopic (exact) mass is 586 g/mol. The summed E-state index contributed by atoms with van der Waals surface area (Å²) in [5, 5.41) is 0. The van der Waals surface area contributed by atoms with Crippen molar-refractivity contribution in [2.45, 2.75) is 0 Å². The highest BCUT2D eigenvalue weighted by Gasteiger charge is 2.25. The molecule has 0 amide bonds. The Balaban J connectivity index is 1.52. The van der Waals surface area contributed by atoms with Gasteiger partial charge in [-0.3, -0.25) is 14.7 Å². The molecule has 0 spiro atoms. The van der Waals surface area contributed by atoms with Crippen molar-refractivity contribution < 1.29 is 0 Å². The number of anilines is 9. The Morgan fingerprint density at radius 3 is 0.800 bits per heavy atom. The summed E-state index contributed by atoms with van der Waals surface area (Å²) in [6.07, 6.45) is 10.5. The van der Waals surface area contributed by atoms with Gasteiger partial charge in [0.1, 0.15) is 46.5 Å². The van der Waals surface area contributed by atoms with Crippen LogP contribution in [0.1, 0.15) is 0 Å². The predicted octanol–water partition coefficient (Wildman–Crippen LogP) is 7.86. The Bertz CT molecular complexity index is 1590. The second-order valence-electron chi connectivity index (χ2n) is 9.68. The molecule has 7 aromatic heterocycles. The van der Waals surface area contributed by atoms with Crippen LogP contribution in [-0.4, -0.2) is 34.9 Å². The second-order valence-corrected chi connectivity index (χ2v) is 9.68. The molecule has 0 aliphatic rings. The third kappa shape index (κ3) is 5.88. The summed E-state index contributed by atoms with van der Waals surface area (Å²) in [5.41, 5.74) is 0.751.